The van der Waals surface area contributed by atoms with Gasteiger partial charge in [-0.15, -0.1) is 0 Å². The molecule has 1 unspecified atom stereocenters. The van der Waals surface area contributed by atoms with E-state index in [1.165, 1.54) is 12.1 Å². The van der Waals surface area contributed by atoms with Crippen molar-refractivity contribution in [2.24, 2.45) is 0 Å². The summed E-state index contributed by atoms with van der Waals surface area (Å²) in [4.78, 5) is 13.9. The first-order valence-corrected chi connectivity index (χ1v) is 8.91. The monoisotopic (exact) mass is 426 g/mol. The lowest BCUT2D eigenvalue weighted by atomic mass is 10.1. The van der Waals surface area contributed by atoms with E-state index in [0.717, 1.165) is 15.6 Å². The minimum absolute atomic E-state index is 0.0219. The lowest BCUT2D eigenvalue weighted by Crippen LogP contribution is -2.36. The van der Waals surface area contributed by atoms with Crippen LogP contribution in [0.15, 0.2) is 53.0 Å². The number of amides is 1. The smallest absolute Gasteiger partial charge is 0.387 e. The van der Waals surface area contributed by atoms with Crippen LogP contribution in [0.1, 0.15) is 24.1 Å². The zero-order valence-electron chi connectivity index (χ0n) is 14.6. The summed E-state index contributed by atoms with van der Waals surface area (Å²) in [6, 6.07) is 14.1. The molecule has 0 heterocycles. The van der Waals surface area contributed by atoms with Gasteiger partial charge < -0.3 is 15.0 Å². The summed E-state index contributed by atoms with van der Waals surface area (Å²) in [6.07, 6.45) is 0. The van der Waals surface area contributed by atoms with Crippen molar-refractivity contribution in [3.05, 3.63) is 64.1 Å². The first-order valence-electron chi connectivity index (χ1n) is 8.12. The summed E-state index contributed by atoms with van der Waals surface area (Å²) in [5, 5.41) is 3.21. The molecule has 140 valence electrons. The van der Waals surface area contributed by atoms with Crippen LogP contribution in [0.2, 0.25) is 0 Å². The molecule has 0 radical (unpaired) electrons. The van der Waals surface area contributed by atoms with Gasteiger partial charge in [-0.1, -0.05) is 46.3 Å². The molecule has 2 rings (SSSR count). The molecule has 0 saturated carbocycles. The number of hydrogen-bond acceptors (Lipinski definition) is 3. The molecule has 0 spiro atoms. The molecule has 2 aromatic rings. The normalized spacial score (nSPS) is 12.1. The van der Waals surface area contributed by atoms with E-state index in [0.29, 0.717) is 6.54 Å². The Morgan fingerprint density at radius 1 is 1.19 bits per heavy atom. The Balaban J connectivity index is 1.84. The highest BCUT2D eigenvalue weighted by Gasteiger charge is 2.13. The van der Waals surface area contributed by atoms with Gasteiger partial charge in [-0.2, -0.15) is 8.78 Å². The van der Waals surface area contributed by atoms with Gasteiger partial charge in [-0.3, -0.25) is 4.79 Å². The third kappa shape index (κ3) is 6.07. The average molecular weight is 427 g/mol. The number of ether oxygens (including phenoxy) is 1. The first-order chi connectivity index (χ1) is 12.4. The van der Waals surface area contributed by atoms with Crippen molar-refractivity contribution in [3.63, 3.8) is 0 Å². The summed E-state index contributed by atoms with van der Waals surface area (Å²) in [7, 11) is 1.71. The molecular weight excluding hydrogens is 406 g/mol. The zero-order chi connectivity index (χ0) is 19.1. The molecular formula is C19H21BrF2N2O2. The van der Waals surface area contributed by atoms with E-state index >= 15 is 0 Å². The predicted molar refractivity (Wildman–Crippen MR) is 100 cm³/mol. The highest BCUT2D eigenvalue weighted by Crippen LogP contribution is 2.22. The van der Waals surface area contributed by atoms with Crippen molar-refractivity contribution in [2.75, 3.05) is 13.6 Å². The third-order valence-electron chi connectivity index (χ3n) is 3.93. The van der Waals surface area contributed by atoms with Crippen molar-refractivity contribution in [1.82, 2.24) is 10.2 Å². The fourth-order valence-corrected chi connectivity index (χ4v) is 3.08. The van der Waals surface area contributed by atoms with Crippen LogP contribution in [0.4, 0.5) is 8.78 Å². The number of alkyl halides is 2. The van der Waals surface area contributed by atoms with Crippen LogP contribution in [0.25, 0.3) is 0 Å². The Morgan fingerprint density at radius 3 is 2.46 bits per heavy atom. The van der Waals surface area contributed by atoms with Crippen LogP contribution in [0.3, 0.4) is 0 Å². The topological polar surface area (TPSA) is 41.6 Å². The number of likely N-dealkylation sites (N-methyl/N-ethyl adjacent to an activating group) is 1. The van der Waals surface area contributed by atoms with Crippen LogP contribution < -0.4 is 10.1 Å². The molecule has 1 atom stereocenters. The first kappa shape index (κ1) is 20.3. The van der Waals surface area contributed by atoms with Gasteiger partial charge in [0.05, 0.1) is 6.54 Å². The minimum atomic E-state index is -2.84. The molecule has 4 nitrogen and oxygen atoms in total. The maximum atomic E-state index is 12.3. The quantitative estimate of drug-likeness (QED) is 0.681. The van der Waals surface area contributed by atoms with Crippen molar-refractivity contribution >= 4 is 21.8 Å². The van der Waals surface area contributed by atoms with Gasteiger partial charge in [-0.25, -0.2) is 0 Å². The van der Waals surface area contributed by atoms with Crippen LogP contribution in [0.5, 0.6) is 5.75 Å². The molecule has 0 aliphatic heterocycles. The highest BCUT2D eigenvalue weighted by atomic mass is 79.9. The van der Waals surface area contributed by atoms with Gasteiger partial charge in [0, 0.05) is 24.1 Å². The summed E-state index contributed by atoms with van der Waals surface area (Å²) in [5.74, 6) is 0.0402. The second-order valence-corrected chi connectivity index (χ2v) is 6.75. The SMILES string of the molecule is CC(NCC(=O)N(C)Cc1ccc(OC(F)F)cc1)c1ccccc1Br. The number of carbonyl (C=O) groups excluding carboxylic acids is 1. The van der Waals surface area contributed by atoms with E-state index < -0.39 is 6.61 Å². The van der Waals surface area contributed by atoms with Crippen molar-refractivity contribution in [2.45, 2.75) is 26.1 Å². The summed E-state index contributed by atoms with van der Waals surface area (Å²) < 4.78 is 29.6. The summed E-state index contributed by atoms with van der Waals surface area (Å²) in [5.41, 5.74) is 1.92. The predicted octanol–water partition coefficient (Wildman–Crippen LogP) is 4.36. The molecule has 0 saturated heterocycles. The van der Waals surface area contributed by atoms with Gasteiger partial charge in [0.2, 0.25) is 5.91 Å². The Hall–Kier alpha value is -1.99. The zero-order valence-corrected chi connectivity index (χ0v) is 16.2. The number of benzene rings is 2. The van der Waals surface area contributed by atoms with E-state index in [4.69, 9.17) is 0 Å². The Labute approximate surface area is 160 Å². The maximum absolute atomic E-state index is 12.3. The standard InChI is InChI=1S/C19H21BrF2N2O2/c1-13(16-5-3-4-6-17(16)20)23-11-18(25)24(2)12-14-7-9-15(10-8-14)26-19(21)22/h3-10,13,19,23H,11-12H2,1-2H3. The van der Waals surface area contributed by atoms with Gasteiger partial charge in [-0.05, 0) is 36.2 Å². The third-order valence-corrected chi connectivity index (χ3v) is 4.65. The van der Waals surface area contributed by atoms with Gasteiger partial charge >= 0.3 is 6.61 Å². The molecule has 1 amide bonds. The van der Waals surface area contributed by atoms with Gasteiger partial charge in [0.15, 0.2) is 0 Å². The minimum Gasteiger partial charge on any atom is -0.435 e. The van der Waals surface area contributed by atoms with E-state index in [9.17, 15) is 13.6 Å². The lowest BCUT2D eigenvalue weighted by Gasteiger charge is -2.20. The van der Waals surface area contributed by atoms with Crippen LogP contribution in [0, 0.1) is 0 Å². The van der Waals surface area contributed by atoms with Crippen molar-refractivity contribution in [3.8, 4) is 5.75 Å². The number of nitrogens with zero attached hydrogens (tertiary/aromatic N) is 1. The molecule has 7 heteroatoms. The number of nitrogens with one attached hydrogen (secondary N) is 1. The van der Waals surface area contributed by atoms with Crippen LogP contribution in [-0.4, -0.2) is 31.0 Å². The molecule has 0 fully saturated rings. The lowest BCUT2D eigenvalue weighted by molar-refractivity contribution is -0.129. The Morgan fingerprint density at radius 2 is 1.85 bits per heavy atom. The van der Waals surface area contributed by atoms with Crippen molar-refractivity contribution < 1.29 is 18.3 Å². The van der Waals surface area contributed by atoms with E-state index in [1.54, 1.807) is 24.1 Å². The molecule has 26 heavy (non-hydrogen) atoms. The van der Waals surface area contributed by atoms with Crippen LogP contribution in [-0.2, 0) is 11.3 Å². The van der Waals surface area contributed by atoms with Crippen molar-refractivity contribution in [1.29, 1.82) is 0 Å². The Kier molecular flexibility index (Phi) is 7.53. The number of hydrogen-bond donors (Lipinski definition) is 1. The van der Waals surface area contributed by atoms with E-state index in [-0.39, 0.29) is 24.2 Å². The fraction of sp³-hybridized carbons (Fsp3) is 0.316. The van der Waals surface area contributed by atoms with Gasteiger partial charge in [0.1, 0.15) is 5.75 Å². The largest absolute Gasteiger partial charge is 0.435 e. The number of rotatable bonds is 8. The van der Waals surface area contributed by atoms with Gasteiger partial charge in [0.25, 0.3) is 0 Å². The summed E-state index contributed by atoms with van der Waals surface area (Å²) >= 11 is 3.51. The Bertz CT molecular complexity index is 726. The molecule has 0 aliphatic rings. The molecule has 0 bridgehead atoms. The number of carbonyl (C=O) groups is 1. The maximum Gasteiger partial charge on any atom is 0.387 e. The molecule has 0 aliphatic carbocycles. The summed E-state index contributed by atoms with van der Waals surface area (Å²) in [6.45, 7) is -0.262. The fourth-order valence-electron chi connectivity index (χ4n) is 2.45. The van der Waals surface area contributed by atoms with Crippen LogP contribution >= 0.6 is 15.9 Å². The number of halogens is 3. The van der Waals surface area contributed by atoms with E-state index in [1.807, 2.05) is 31.2 Å². The highest BCUT2D eigenvalue weighted by molar-refractivity contribution is 9.10. The second kappa shape index (κ2) is 9.64. The molecule has 1 N–H and O–H groups in total. The molecule has 0 aromatic heterocycles. The van der Waals surface area contributed by atoms with E-state index in [2.05, 4.69) is 26.0 Å². The average Bonchev–Trinajstić information content (AvgIpc) is 2.61. The second-order valence-electron chi connectivity index (χ2n) is 5.90. The molecule has 2 aromatic carbocycles.